The van der Waals surface area contributed by atoms with Crippen LogP contribution < -0.4 is 4.90 Å². The fraction of sp³-hybridized carbons (Fsp3) is 0.667. The number of hydrogen-bond donors (Lipinski definition) is 0. The van der Waals surface area contributed by atoms with Crippen LogP contribution in [0.1, 0.15) is 49.5 Å². The third kappa shape index (κ3) is 4.32. The van der Waals surface area contributed by atoms with Gasteiger partial charge >= 0.3 is 0 Å². The van der Waals surface area contributed by atoms with Crippen molar-refractivity contribution < 1.29 is 13.2 Å². The molecule has 0 aromatic carbocycles. The van der Waals surface area contributed by atoms with Gasteiger partial charge in [-0.15, -0.1) is 0 Å². The van der Waals surface area contributed by atoms with E-state index in [2.05, 4.69) is 9.88 Å². The fourth-order valence-electron chi connectivity index (χ4n) is 3.79. The van der Waals surface area contributed by atoms with E-state index in [1.165, 1.54) is 12.8 Å². The first-order chi connectivity index (χ1) is 12.0. The van der Waals surface area contributed by atoms with Gasteiger partial charge in [0.1, 0.15) is 5.69 Å². The van der Waals surface area contributed by atoms with Crippen molar-refractivity contribution in [2.24, 2.45) is 0 Å². The lowest BCUT2D eigenvalue weighted by Gasteiger charge is -2.29. The maximum atomic E-state index is 12.6. The van der Waals surface area contributed by atoms with Gasteiger partial charge in [0.15, 0.2) is 9.84 Å². The summed E-state index contributed by atoms with van der Waals surface area (Å²) in [5.74, 6) is 0.461. The van der Waals surface area contributed by atoms with Crippen LogP contribution in [0.4, 0.5) is 5.69 Å². The van der Waals surface area contributed by atoms with E-state index in [1.54, 1.807) is 12.3 Å². The highest BCUT2D eigenvalue weighted by Gasteiger charge is 2.32. The van der Waals surface area contributed by atoms with Gasteiger partial charge in [0.25, 0.3) is 5.91 Å². The number of likely N-dealkylation sites (tertiary alicyclic amines) is 1. The predicted molar refractivity (Wildman–Crippen MR) is 98.7 cm³/mol. The number of sulfone groups is 1. The normalized spacial score (nSPS) is 23.2. The number of aromatic nitrogens is 1. The summed E-state index contributed by atoms with van der Waals surface area (Å²) in [5, 5.41) is 0. The zero-order valence-corrected chi connectivity index (χ0v) is 15.7. The zero-order valence-electron chi connectivity index (χ0n) is 14.9. The first-order valence-corrected chi connectivity index (χ1v) is 11.0. The predicted octanol–water partition coefficient (Wildman–Crippen LogP) is 2.11. The van der Waals surface area contributed by atoms with Crippen molar-refractivity contribution >= 4 is 21.4 Å². The van der Waals surface area contributed by atoms with Gasteiger partial charge in [0.05, 0.1) is 23.4 Å². The highest BCUT2D eigenvalue weighted by molar-refractivity contribution is 7.91. The summed E-state index contributed by atoms with van der Waals surface area (Å²) in [6.45, 7) is 4.36. The highest BCUT2D eigenvalue weighted by Crippen LogP contribution is 2.24. The minimum Gasteiger partial charge on any atom is -0.367 e. The van der Waals surface area contributed by atoms with E-state index in [4.69, 9.17) is 0 Å². The number of anilines is 1. The third-order valence-corrected chi connectivity index (χ3v) is 6.93. The van der Waals surface area contributed by atoms with Crippen molar-refractivity contribution in [2.75, 3.05) is 36.0 Å². The molecule has 2 fully saturated rings. The van der Waals surface area contributed by atoms with Crippen LogP contribution in [0.2, 0.25) is 0 Å². The summed E-state index contributed by atoms with van der Waals surface area (Å²) in [6, 6.07) is 3.67. The van der Waals surface area contributed by atoms with Crippen LogP contribution in [-0.4, -0.2) is 61.4 Å². The van der Waals surface area contributed by atoms with Crippen molar-refractivity contribution in [3.8, 4) is 0 Å². The highest BCUT2D eigenvalue weighted by atomic mass is 32.2. The van der Waals surface area contributed by atoms with Crippen LogP contribution in [0.25, 0.3) is 0 Å². The molecule has 3 heterocycles. The van der Waals surface area contributed by atoms with Gasteiger partial charge in [-0.1, -0.05) is 12.8 Å². The molecule has 0 N–H and O–H groups in total. The minimum absolute atomic E-state index is 0.0000531. The van der Waals surface area contributed by atoms with Crippen LogP contribution in [0.5, 0.6) is 0 Å². The molecular weight excluding hydrogens is 338 g/mol. The van der Waals surface area contributed by atoms with E-state index in [0.29, 0.717) is 12.1 Å². The van der Waals surface area contributed by atoms with Gasteiger partial charge in [0, 0.05) is 25.7 Å². The molecular formula is C18H27N3O3S. The number of amides is 1. The van der Waals surface area contributed by atoms with Crippen LogP contribution in [0, 0.1) is 0 Å². The summed E-state index contributed by atoms with van der Waals surface area (Å²) in [7, 11) is -2.92. The summed E-state index contributed by atoms with van der Waals surface area (Å²) >= 11 is 0. The molecule has 0 spiro atoms. The van der Waals surface area contributed by atoms with Crippen LogP contribution in [-0.2, 0) is 9.84 Å². The topological polar surface area (TPSA) is 70.6 Å². The Bertz CT molecular complexity index is 695. The van der Waals surface area contributed by atoms with Crippen molar-refractivity contribution in [1.29, 1.82) is 0 Å². The molecule has 3 rings (SSSR count). The first kappa shape index (κ1) is 18.2. The smallest absolute Gasteiger partial charge is 0.272 e. The van der Waals surface area contributed by atoms with Gasteiger partial charge < -0.3 is 9.80 Å². The summed E-state index contributed by atoms with van der Waals surface area (Å²) < 4.78 is 23.5. The Kier molecular flexibility index (Phi) is 5.61. The zero-order chi connectivity index (χ0) is 17.9. The molecule has 25 heavy (non-hydrogen) atoms. The largest absolute Gasteiger partial charge is 0.367 e. The van der Waals surface area contributed by atoms with E-state index < -0.39 is 9.84 Å². The van der Waals surface area contributed by atoms with Crippen molar-refractivity contribution in [3.63, 3.8) is 0 Å². The molecule has 0 aliphatic carbocycles. The monoisotopic (exact) mass is 365 g/mol. The number of pyridine rings is 1. The van der Waals surface area contributed by atoms with Crippen molar-refractivity contribution in [3.05, 3.63) is 24.0 Å². The third-order valence-electron chi connectivity index (χ3n) is 5.18. The maximum absolute atomic E-state index is 12.6. The summed E-state index contributed by atoms with van der Waals surface area (Å²) in [5.41, 5.74) is 1.36. The average molecular weight is 365 g/mol. The van der Waals surface area contributed by atoms with Crippen LogP contribution >= 0.6 is 0 Å². The summed E-state index contributed by atoms with van der Waals surface area (Å²) in [4.78, 5) is 21.0. The Morgan fingerprint density at radius 2 is 1.96 bits per heavy atom. The molecule has 1 aromatic heterocycles. The first-order valence-electron chi connectivity index (χ1n) is 9.22. The number of carbonyl (C=O) groups is 1. The second-order valence-electron chi connectivity index (χ2n) is 6.95. The number of hydrogen-bond acceptors (Lipinski definition) is 5. The quantitative estimate of drug-likeness (QED) is 0.817. The van der Waals surface area contributed by atoms with Gasteiger partial charge in [0.2, 0.25) is 0 Å². The molecule has 1 amide bonds. The van der Waals surface area contributed by atoms with Gasteiger partial charge in [-0.25, -0.2) is 13.4 Å². The molecule has 0 saturated carbocycles. The van der Waals surface area contributed by atoms with E-state index in [9.17, 15) is 13.2 Å². The molecule has 1 aromatic rings. The van der Waals surface area contributed by atoms with E-state index in [1.807, 2.05) is 17.9 Å². The number of rotatable bonds is 4. The fourth-order valence-corrected chi connectivity index (χ4v) is 5.52. The molecule has 2 saturated heterocycles. The standard InChI is InChI=1S/C18H27N3O3S/c1-2-21(16-9-12-25(23,24)14-16)15-7-8-17(19-13-15)18(22)20-10-5-3-4-6-11-20/h7-8,13,16H,2-6,9-12,14H2,1H3. The molecule has 0 radical (unpaired) electrons. The van der Waals surface area contributed by atoms with Gasteiger partial charge in [-0.3, -0.25) is 4.79 Å². The molecule has 6 nitrogen and oxygen atoms in total. The van der Waals surface area contributed by atoms with E-state index >= 15 is 0 Å². The lowest BCUT2D eigenvalue weighted by molar-refractivity contribution is 0.0756. The minimum atomic E-state index is -2.92. The van der Waals surface area contributed by atoms with Crippen LogP contribution in [0.3, 0.4) is 0 Å². The second kappa shape index (κ2) is 7.72. The Hall–Kier alpha value is -1.63. The average Bonchev–Trinajstić information content (AvgIpc) is 2.81. The number of nitrogens with zero attached hydrogens (tertiary/aromatic N) is 3. The number of carbonyl (C=O) groups excluding carboxylic acids is 1. The molecule has 1 atom stereocenters. The lowest BCUT2D eigenvalue weighted by Crippen LogP contribution is -2.36. The maximum Gasteiger partial charge on any atom is 0.272 e. The van der Waals surface area contributed by atoms with Crippen molar-refractivity contribution in [2.45, 2.75) is 45.1 Å². The summed E-state index contributed by atoms with van der Waals surface area (Å²) in [6.07, 6.45) is 6.86. The lowest BCUT2D eigenvalue weighted by atomic mass is 10.2. The molecule has 2 aliphatic heterocycles. The SMILES string of the molecule is CCN(c1ccc(C(=O)N2CCCCCC2)nc1)C1CCS(=O)(=O)C1. The van der Waals surface area contributed by atoms with Gasteiger partial charge in [-0.05, 0) is 38.3 Å². The van der Waals surface area contributed by atoms with E-state index in [0.717, 1.165) is 38.2 Å². The Morgan fingerprint density at radius 3 is 2.48 bits per heavy atom. The molecule has 138 valence electrons. The molecule has 7 heteroatoms. The molecule has 2 aliphatic rings. The molecule has 0 bridgehead atoms. The Balaban J connectivity index is 1.71. The Morgan fingerprint density at radius 1 is 1.24 bits per heavy atom. The second-order valence-corrected chi connectivity index (χ2v) is 9.18. The Labute approximate surface area is 150 Å². The van der Waals surface area contributed by atoms with E-state index in [-0.39, 0.29) is 23.5 Å². The van der Waals surface area contributed by atoms with Crippen molar-refractivity contribution in [1.82, 2.24) is 9.88 Å². The van der Waals surface area contributed by atoms with Crippen LogP contribution in [0.15, 0.2) is 18.3 Å². The molecule has 1 unspecified atom stereocenters. The van der Waals surface area contributed by atoms with Gasteiger partial charge in [-0.2, -0.15) is 0 Å².